The first-order chi connectivity index (χ1) is 13.1. The van der Waals surface area contributed by atoms with Gasteiger partial charge in [0.1, 0.15) is 15.6 Å². The van der Waals surface area contributed by atoms with Crippen molar-refractivity contribution < 1.29 is 9.53 Å². The summed E-state index contributed by atoms with van der Waals surface area (Å²) in [5.74, 6) is 1.66. The molecule has 2 heterocycles. The molecule has 0 spiro atoms. The Balaban J connectivity index is 1.66. The van der Waals surface area contributed by atoms with Crippen LogP contribution in [0.25, 0.3) is 10.6 Å². The smallest absolute Gasteiger partial charge is 0.265 e. The van der Waals surface area contributed by atoms with Crippen LogP contribution in [0.4, 0.5) is 0 Å². The number of rotatable bonds is 7. The second-order valence-electron chi connectivity index (χ2n) is 6.93. The van der Waals surface area contributed by atoms with Crippen LogP contribution in [0.1, 0.15) is 42.1 Å². The Morgan fingerprint density at radius 2 is 1.96 bits per heavy atom. The third-order valence-electron chi connectivity index (χ3n) is 4.99. The van der Waals surface area contributed by atoms with Gasteiger partial charge in [0, 0.05) is 18.7 Å². The van der Waals surface area contributed by atoms with E-state index in [1.165, 1.54) is 11.3 Å². The number of benzene rings is 1. The van der Waals surface area contributed by atoms with Gasteiger partial charge in [-0.3, -0.25) is 4.79 Å². The van der Waals surface area contributed by atoms with Gasteiger partial charge in [-0.05, 0) is 70.0 Å². The van der Waals surface area contributed by atoms with Crippen molar-refractivity contribution in [3.05, 3.63) is 34.8 Å². The lowest BCUT2D eigenvalue weighted by molar-refractivity contribution is 0.0694. The molecule has 27 heavy (non-hydrogen) atoms. The molecule has 0 atom stereocenters. The summed E-state index contributed by atoms with van der Waals surface area (Å²) in [7, 11) is 0. The fourth-order valence-corrected chi connectivity index (χ4v) is 4.45. The summed E-state index contributed by atoms with van der Waals surface area (Å²) in [6.45, 7) is 10.4. The highest BCUT2D eigenvalue weighted by atomic mass is 32.1. The van der Waals surface area contributed by atoms with E-state index >= 15 is 0 Å². The van der Waals surface area contributed by atoms with Gasteiger partial charge < -0.3 is 15.0 Å². The van der Waals surface area contributed by atoms with Crippen LogP contribution in [-0.4, -0.2) is 48.6 Å². The fourth-order valence-electron chi connectivity index (χ4n) is 3.41. The molecule has 5 nitrogen and oxygen atoms in total. The van der Waals surface area contributed by atoms with E-state index in [-0.39, 0.29) is 5.91 Å². The van der Waals surface area contributed by atoms with Gasteiger partial charge >= 0.3 is 0 Å². The van der Waals surface area contributed by atoms with Crippen molar-refractivity contribution in [2.75, 3.05) is 32.8 Å². The molecule has 1 aliphatic rings. The molecule has 1 aromatic carbocycles. The second kappa shape index (κ2) is 9.33. The van der Waals surface area contributed by atoms with E-state index in [1.54, 1.807) is 0 Å². The first kappa shape index (κ1) is 19.8. The minimum atomic E-state index is 0.129. The van der Waals surface area contributed by atoms with Crippen molar-refractivity contribution in [2.24, 2.45) is 5.92 Å². The van der Waals surface area contributed by atoms with Crippen molar-refractivity contribution in [1.29, 1.82) is 0 Å². The molecule has 0 saturated carbocycles. The standard InChI is InChI=1S/C21H29N3O2S/c1-4-22-14-16-10-12-24(13-11-16)21(25)19-15(3)23-20(27-19)17-6-8-18(9-7-17)26-5-2/h6-9,16,22H,4-5,10-14H2,1-3H3. The molecule has 0 aliphatic carbocycles. The maximum atomic E-state index is 13.0. The molecule has 146 valence electrons. The zero-order valence-corrected chi connectivity index (χ0v) is 17.3. The number of hydrogen-bond acceptors (Lipinski definition) is 5. The molecule has 1 aliphatic heterocycles. The molecule has 1 saturated heterocycles. The van der Waals surface area contributed by atoms with Gasteiger partial charge in [-0.25, -0.2) is 4.98 Å². The van der Waals surface area contributed by atoms with Crippen LogP contribution in [0.5, 0.6) is 5.75 Å². The highest BCUT2D eigenvalue weighted by Gasteiger charge is 2.26. The maximum Gasteiger partial charge on any atom is 0.265 e. The number of aryl methyl sites for hydroxylation is 1. The third-order valence-corrected chi connectivity index (χ3v) is 6.18. The van der Waals surface area contributed by atoms with E-state index in [2.05, 4.69) is 17.2 Å². The molecule has 2 aromatic rings. The molecule has 1 aromatic heterocycles. The largest absolute Gasteiger partial charge is 0.494 e. The third kappa shape index (κ3) is 4.87. The number of nitrogens with zero attached hydrogens (tertiary/aromatic N) is 2. The summed E-state index contributed by atoms with van der Waals surface area (Å²) in [5.41, 5.74) is 1.85. The molecule has 1 N–H and O–H groups in total. The lowest BCUT2D eigenvalue weighted by Crippen LogP contribution is -2.40. The summed E-state index contributed by atoms with van der Waals surface area (Å²) in [6.07, 6.45) is 2.14. The Hall–Kier alpha value is -1.92. The predicted octanol–water partition coefficient (Wildman–Crippen LogP) is 3.98. The molecule has 3 rings (SSSR count). The minimum Gasteiger partial charge on any atom is -0.494 e. The van der Waals surface area contributed by atoms with Crippen LogP contribution in [0.2, 0.25) is 0 Å². The van der Waals surface area contributed by atoms with Gasteiger partial charge in [0.2, 0.25) is 0 Å². The van der Waals surface area contributed by atoms with Crippen LogP contribution >= 0.6 is 11.3 Å². The van der Waals surface area contributed by atoms with Gasteiger partial charge in [0.05, 0.1) is 12.3 Å². The molecule has 1 amide bonds. The summed E-state index contributed by atoms with van der Waals surface area (Å²) in [4.78, 5) is 20.4. The summed E-state index contributed by atoms with van der Waals surface area (Å²) in [5, 5.41) is 4.31. The number of amides is 1. The van der Waals surface area contributed by atoms with E-state index in [1.807, 2.05) is 43.0 Å². The number of carbonyl (C=O) groups excluding carboxylic acids is 1. The first-order valence-electron chi connectivity index (χ1n) is 9.83. The number of hydrogen-bond donors (Lipinski definition) is 1. The Morgan fingerprint density at radius 1 is 1.26 bits per heavy atom. The number of likely N-dealkylation sites (tertiary alicyclic amines) is 1. The average Bonchev–Trinajstić information content (AvgIpc) is 3.08. The van der Waals surface area contributed by atoms with E-state index < -0.39 is 0 Å². The highest BCUT2D eigenvalue weighted by Crippen LogP contribution is 2.31. The van der Waals surface area contributed by atoms with Gasteiger partial charge in [-0.2, -0.15) is 0 Å². The molecule has 0 radical (unpaired) electrons. The van der Waals surface area contributed by atoms with Crippen LogP contribution in [0.3, 0.4) is 0 Å². The topological polar surface area (TPSA) is 54.5 Å². The van der Waals surface area contributed by atoms with E-state index in [0.717, 1.165) is 65.9 Å². The zero-order chi connectivity index (χ0) is 19.2. The lowest BCUT2D eigenvalue weighted by Gasteiger charge is -2.31. The van der Waals surface area contributed by atoms with Crippen molar-refractivity contribution >= 4 is 17.2 Å². The fraction of sp³-hybridized carbons (Fsp3) is 0.524. The Labute approximate surface area is 165 Å². The predicted molar refractivity (Wildman–Crippen MR) is 111 cm³/mol. The lowest BCUT2D eigenvalue weighted by atomic mass is 9.96. The molecule has 1 fully saturated rings. The number of piperidine rings is 1. The second-order valence-corrected chi connectivity index (χ2v) is 7.93. The van der Waals surface area contributed by atoms with E-state index in [0.29, 0.717) is 12.5 Å². The van der Waals surface area contributed by atoms with Crippen molar-refractivity contribution in [2.45, 2.75) is 33.6 Å². The van der Waals surface area contributed by atoms with Crippen molar-refractivity contribution in [3.63, 3.8) is 0 Å². The average molecular weight is 388 g/mol. The SMILES string of the molecule is CCNCC1CCN(C(=O)c2sc(-c3ccc(OCC)cc3)nc2C)CC1. The van der Waals surface area contributed by atoms with Gasteiger partial charge in [-0.1, -0.05) is 6.92 Å². The summed E-state index contributed by atoms with van der Waals surface area (Å²) in [6, 6.07) is 7.91. The van der Waals surface area contributed by atoms with E-state index in [4.69, 9.17) is 4.74 Å². The highest BCUT2D eigenvalue weighted by molar-refractivity contribution is 7.17. The quantitative estimate of drug-likeness (QED) is 0.781. The van der Waals surface area contributed by atoms with E-state index in [9.17, 15) is 4.79 Å². The van der Waals surface area contributed by atoms with Crippen molar-refractivity contribution in [3.8, 4) is 16.3 Å². The van der Waals surface area contributed by atoms with Gasteiger partial charge in [-0.15, -0.1) is 11.3 Å². The maximum absolute atomic E-state index is 13.0. The number of nitrogens with one attached hydrogen (secondary N) is 1. The number of ether oxygens (including phenoxy) is 1. The molecular weight excluding hydrogens is 358 g/mol. The van der Waals surface area contributed by atoms with Crippen LogP contribution < -0.4 is 10.1 Å². The summed E-state index contributed by atoms with van der Waals surface area (Å²) < 4.78 is 5.49. The molecular formula is C21H29N3O2S. The van der Waals surface area contributed by atoms with Crippen LogP contribution in [0.15, 0.2) is 24.3 Å². The van der Waals surface area contributed by atoms with Gasteiger partial charge in [0.25, 0.3) is 5.91 Å². The molecule has 6 heteroatoms. The van der Waals surface area contributed by atoms with Crippen LogP contribution in [-0.2, 0) is 0 Å². The Bertz CT molecular complexity index is 749. The zero-order valence-electron chi connectivity index (χ0n) is 16.5. The molecule has 0 bridgehead atoms. The van der Waals surface area contributed by atoms with Gasteiger partial charge in [0.15, 0.2) is 0 Å². The molecule has 0 unspecified atom stereocenters. The number of thiazole rings is 1. The number of carbonyl (C=O) groups is 1. The summed E-state index contributed by atoms with van der Waals surface area (Å²) >= 11 is 1.49. The first-order valence-corrected chi connectivity index (χ1v) is 10.6. The number of aromatic nitrogens is 1. The Morgan fingerprint density at radius 3 is 2.59 bits per heavy atom. The normalized spacial score (nSPS) is 15.1. The monoisotopic (exact) mass is 387 g/mol. The minimum absolute atomic E-state index is 0.129. The van der Waals surface area contributed by atoms with Crippen molar-refractivity contribution in [1.82, 2.24) is 15.2 Å². The van der Waals surface area contributed by atoms with Crippen LogP contribution in [0, 0.1) is 12.8 Å². The Kier molecular flexibility index (Phi) is 6.85.